The van der Waals surface area contributed by atoms with Crippen LogP contribution in [0.5, 0.6) is 0 Å². The van der Waals surface area contributed by atoms with Gasteiger partial charge in [0.05, 0.1) is 37.0 Å². The van der Waals surface area contributed by atoms with Gasteiger partial charge in [-0.2, -0.15) is 5.10 Å². The zero-order valence-electron chi connectivity index (χ0n) is 19.4. The maximum atomic E-state index is 13.7. The predicted octanol–water partition coefficient (Wildman–Crippen LogP) is 6.16. The number of anilines is 1. The molecule has 0 saturated heterocycles. The topological polar surface area (TPSA) is 68.2 Å². The maximum absolute atomic E-state index is 13.7. The molecule has 0 aliphatic carbocycles. The minimum atomic E-state index is -3.44. The molecule has 1 aliphatic rings. The van der Waals surface area contributed by atoms with Crippen LogP contribution in [0.3, 0.4) is 0 Å². The molecular weight excluding hydrogens is 447 g/mol. The molecule has 1 aliphatic heterocycles. The first kappa shape index (κ1) is 24.1. The van der Waals surface area contributed by atoms with Gasteiger partial charge >= 0.3 is 7.60 Å². The van der Waals surface area contributed by atoms with Crippen molar-refractivity contribution in [2.24, 2.45) is 5.10 Å². The monoisotopic (exact) mass is 476 g/mol. The van der Waals surface area contributed by atoms with Gasteiger partial charge in [0.25, 0.3) is 0 Å². The van der Waals surface area contributed by atoms with Gasteiger partial charge in [-0.3, -0.25) is 14.4 Å². The summed E-state index contributed by atoms with van der Waals surface area (Å²) in [7, 11) is -3.44. The lowest BCUT2D eigenvalue weighted by molar-refractivity contribution is 0.106. The zero-order chi connectivity index (χ0) is 24.0. The van der Waals surface area contributed by atoms with Crippen molar-refractivity contribution in [2.45, 2.75) is 25.8 Å². The second kappa shape index (κ2) is 10.9. The maximum Gasteiger partial charge on any atom is 0.332 e. The molecule has 176 valence electrons. The number of hydrazone groups is 1. The summed E-state index contributed by atoms with van der Waals surface area (Å²) in [6, 6.07) is 28.1. The van der Waals surface area contributed by atoms with E-state index in [1.165, 1.54) is 0 Å². The molecule has 0 spiro atoms. The van der Waals surface area contributed by atoms with Crippen LogP contribution in [0.15, 0.2) is 96.1 Å². The lowest BCUT2D eigenvalue weighted by Crippen LogP contribution is -2.37. The molecule has 2 atom stereocenters. The van der Waals surface area contributed by atoms with E-state index in [1.807, 2.05) is 78.9 Å². The van der Waals surface area contributed by atoms with Gasteiger partial charge in [-0.15, -0.1) is 0 Å². The number of Topliss-reactive ketones (excluding diaryl/α,β-unsaturated/α-hetero) is 1. The van der Waals surface area contributed by atoms with Crippen molar-refractivity contribution in [1.29, 1.82) is 0 Å². The fraction of sp³-hybridized carbons (Fsp3) is 0.259. The van der Waals surface area contributed by atoms with E-state index in [2.05, 4.69) is 0 Å². The first-order chi connectivity index (χ1) is 16.6. The summed E-state index contributed by atoms with van der Waals surface area (Å²) in [6.07, 6.45) is 0.0954. The Morgan fingerprint density at radius 3 is 1.94 bits per heavy atom. The number of benzene rings is 3. The lowest BCUT2D eigenvalue weighted by atomic mass is 9.85. The Morgan fingerprint density at radius 1 is 0.853 bits per heavy atom. The third-order valence-corrected chi connectivity index (χ3v) is 7.84. The molecule has 0 bridgehead atoms. The van der Waals surface area contributed by atoms with Crippen LogP contribution in [0.1, 0.15) is 35.7 Å². The Hall–Kier alpha value is -3.05. The van der Waals surface area contributed by atoms with Crippen LogP contribution in [0.4, 0.5) is 5.69 Å². The summed E-state index contributed by atoms with van der Waals surface area (Å²) in [6.45, 7) is 4.12. The molecule has 0 radical (unpaired) electrons. The normalized spacial score (nSPS) is 18.1. The quantitative estimate of drug-likeness (QED) is 0.259. The van der Waals surface area contributed by atoms with Crippen molar-refractivity contribution in [3.8, 4) is 0 Å². The van der Waals surface area contributed by atoms with E-state index in [9.17, 15) is 9.36 Å². The number of ketones is 1. The standard InChI is InChI=1S/C27H29N2O4P/c1-3-32-34(31,33-4-2)20-24-25(21-14-8-5-9-15-21)26(27(30)22-16-10-6-11-17-22)28-29(24)23-18-12-7-13-19-23/h5-19,24-25H,3-4,20H2,1-2H3/t24-,25-/m1/s1. The predicted molar refractivity (Wildman–Crippen MR) is 136 cm³/mol. The van der Waals surface area contributed by atoms with E-state index in [-0.39, 0.29) is 25.2 Å². The van der Waals surface area contributed by atoms with Crippen LogP contribution in [0, 0.1) is 0 Å². The molecule has 0 saturated carbocycles. The summed E-state index contributed by atoms with van der Waals surface area (Å²) in [5.41, 5.74) is 2.71. The Morgan fingerprint density at radius 2 is 1.38 bits per heavy atom. The summed E-state index contributed by atoms with van der Waals surface area (Å²) in [4.78, 5) is 13.7. The van der Waals surface area contributed by atoms with Crippen LogP contribution >= 0.6 is 7.60 Å². The molecule has 34 heavy (non-hydrogen) atoms. The summed E-state index contributed by atoms with van der Waals surface area (Å²) in [5, 5.41) is 6.65. The second-order valence-corrected chi connectivity index (χ2v) is 10.0. The Balaban J connectivity index is 1.84. The van der Waals surface area contributed by atoms with E-state index in [0.29, 0.717) is 11.3 Å². The van der Waals surface area contributed by atoms with Crippen molar-refractivity contribution in [2.75, 3.05) is 24.4 Å². The summed E-state index contributed by atoms with van der Waals surface area (Å²) in [5.74, 6) is -0.566. The second-order valence-electron chi connectivity index (χ2n) is 7.95. The van der Waals surface area contributed by atoms with E-state index in [0.717, 1.165) is 11.3 Å². The fourth-order valence-electron chi connectivity index (χ4n) is 4.32. The average molecular weight is 477 g/mol. The third kappa shape index (κ3) is 5.20. The van der Waals surface area contributed by atoms with Crippen molar-refractivity contribution in [3.05, 3.63) is 102 Å². The van der Waals surface area contributed by atoms with E-state index in [1.54, 1.807) is 31.0 Å². The van der Waals surface area contributed by atoms with Crippen molar-refractivity contribution >= 4 is 24.8 Å². The van der Waals surface area contributed by atoms with Crippen LogP contribution in [0.25, 0.3) is 0 Å². The minimum absolute atomic E-state index is 0.0954. The third-order valence-electron chi connectivity index (χ3n) is 5.72. The fourth-order valence-corrected chi connectivity index (χ4v) is 6.21. The Bertz CT molecular complexity index is 1160. The van der Waals surface area contributed by atoms with Gasteiger partial charge in [0, 0.05) is 5.56 Å². The molecule has 0 unspecified atom stereocenters. The first-order valence-electron chi connectivity index (χ1n) is 11.5. The van der Waals surface area contributed by atoms with E-state index in [4.69, 9.17) is 14.1 Å². The number of hydrogen-bond donors (Lipinski definition) is 0. The highest BCUT2D eigenvalue weighted by Crippen LogP contribution is 2.52. The molecule has 6 nitrogen and oxygen atoms in total. The van der Waals surface area contributed by atoms with Gasteiger partial charge in [0.15, 0.2) is 0 Å². The molecule has 1 heterocycles. The molecule has 4 rings (SSSR count). The highest BCUT2D eigenvalue weighted by atomic mass is 31.2. The zero-order valence-corrected chi connectivity index (χ0v) is 20.3. The summed E-state index contributed by atoms with van der Waals surface area (Å²) < 4.78 is 25.0. The highest BCUT2D eigenvalue weighted by molar-refractivity contribution is 7.53. The van der Waals surface area contributed by atoms with Crippen molar-refractivity contribution < 1.29 is 18.4 Å². The molecule has 0 fully saturated rings. The molecule has 3 aromatic carbocycles. The van der Waals surface area contributed by atoms with Crippen LogP contribution in [-0.4, -0.2) is 36.9 Å². The first-order valence-corrected chi connectivity index (χ1v) is 13.2. The lowest BCUT2D eigenvalue weighted by Gasteiger charge is -2.31. The Labute approximate surface area is 200 Å². The van der Waals surface area contributed by atoms with Crippen LogP contribution in [-0.2, 0) is 13.6 Å². The molecule has 7 heteroatoms. The summed E-state index contributed by atoms with van der Waals surface area (Å²) >= 11 is 0. The van der Waals surface area contributed by atoms with E-state index >= 15 is 0 Å². The van der Waals surface area contributed by atoms with E-state index < -0.39 is 19.6 Å². The Kier molecular flexibility index (Phi) is 7.73. The molecule has 0 N–H and O–H groups in total. The SMILES string of the molecule is CCOP(=O)(C[C@@H]1[C@@H](c2ccccc2)C(C(=O)c2ccccc2)=NN1c1ccccc1)OCC. The van der Waals surface area contributed by atoms with Gasteiger partial charge < -0.3 is 9.05 Å². The smallest absolute Gasteiger partial charge is 0.309 e. The number of hydrogen-bond acceptors (Lipinski definition) is 6. The van der Waals surface area contributed by atoms with Gasteiger partial charge in [0.2, 0.25) is 5.78 Å². The number of para-hydroxylation sites is 1. The largest absolute Gasteiger partial charge is 0.332 e. The molecule has 0 aromatic heterocycles. The van der Waals surface area contributed by atoms with Crippen molar-refractivity contribution in [3.63, 3.8) is 0 Å². The molecular formula is C27H29N2O4P. The molecule has 3 aromatic rings. The number of carbonyl (C=O) groups is 1. The van der Waals surface area contributed by atoms with Crippen LogP contribution < -0.4 is 5.01 Å². The number of nitrogens with zero attached hydrogens (tertiary/aromatic N) is 2. The minimum Gasteiger partial charge on any atom is -0.309 e. The van der Waals surface area contributed by atoms with Gasteiger partial charge in [-0.25, -0.2) is 0 Å². The highest BCUT2D eigenvalue weighted by Gasteiger charge is 2.46. The van der Waals surface area contributed by atoms with Gasteiger partial charge in [-0.05, 0) is 31.5 Å². The number of carbonyl (C=O) groups excluding carboxylic acids is 1. The average Bonchev–Trinajstić information content (AvgIpc) is 3.24. The van der Waals surface area contributed by atoms with Crippen molar-refractivity contribution in [1.82, 2.24) is 0 Å². The molecule has 0 amide bonds. The van der Waals surface area contributed by atoms with Gasteiger partial charge in [0.1, 0.15) is 5.71 Å². The van der Waals surface area contributed by atoms with Gasteiger partial charge in [-0.1, -0.05) is 78.9 Å². The van der Waals surface area contributed by atoms with Crippen LogP contribution in [0.2, 0.25) is 0 Å². The number of rotatable bonds is 10.